The first-order valence-electron chi connectivity index (χ1n) is 30.5. The van der Waals surface area contributed by atoms with Crippen LogP contribution in [0.2, 0.25) is 0 Å². The number of aromatic nitrogens is 2. The first kappa shape index (κ1) is 65.3. The molecule has 23 nitrogen and oxygen atoms in total. The van der Waals surface area contributed by atoms with Gasteiger partial charge in [-0.1, -0.05) is 37.3 Å². The Kier molecular flexibility index (Phi) is 21.2. The zero-order valence-corrected chi connectivity index (χ0v) is 50.6. The van der Waals surface area contributed by atoms with Gasteiger partial charge < -0.3 is 49.5 Å². The lowest BCUT2D eigenvalue weighted by molar-refractivity contribution is -0.172. The molecule has 3 aliphatic heterocycles. The van der Waals surface area contributed by atoms with Crippen LogP contribution in [0.1, 0.15) is 123 Å². The molecule has 2 aromatic carbocycles. The number of aryl methyl sites for hydroxylation is 1. The van der Waals surface area contributed by atoms with E-state index in [1.165, 1.54) is 27.7 Å². The zero-order valence-electron chi connectivity index (χ0n) is 50.6. The molecule has 5 heterocycles. The Bertz CT molecular complexity index is 3520. The molecule has 5 aliphatic rings. The second kappa shape index (κ2) is 29.0. The number of likely N-dealkylation sites (N-methyl/N-ethyl adjacent to an activating group) is 1. The molecule has 1 saturated carbocycles. The van der Waals surface area contributed by atoms with E-state index in [-0.39, 0.29) is 138 Å². The van der Waals surface area contributed by atoms with Gasteiger partial charge in [-0.3, -0.25) is 52.8 Å². The number of hydrogen-bond acceptors (Lipinski definition) is 17. The Morgan fingerprint density at radius 1 is 0.843 bits per heavy atom. The number of ketones is 3. The SMILES string of the molecule is CC[C@@]1(O)C(=O)OCc2c1cc1n(c2=O)Cc2c-1nc1cc(F)c(C)c3c1c2[C@@H](N(C)C(=O)C(C)OCCC(=O)CNC(=O)[C@@H](CC(=O)CNC(=O)CCC(=O)COCCOCCNC(=O)C1CCC(CN2C(=O)C=CC2=O)CC1)Cc1ccccc1)CC3. The number of pyridine rings is 2. The molecule has 2 aromatic heterocycles. The average Bonchev–Trinajstić information content (AvgIpc) is 1.67. The first-order chi connectivity index (χ1) is 42.7. The highest BCUT2D eigenvalue weighted by atomic mass is 19.1. The summed E-state index contributed by atoms with van der Waals surface area (Å²) in [5.74, 6) is -5.57. The van der Waals surface area contributed by atoms with Crippen molar-refractivity contribution in [1.82, 2.24) is 35.3 Å². The molecule has 0 spiro atoms. The second-order valence-electron chi connectivity index (χ2n) is 23.6. The van der Waals surface area contributed by atoms with Crippen LogP contribution >= 0.6 is 0 Å². The van der Waals surface area contributed by atoms with Gasteiger partial charge in [0.25, 0.3) is 23.3 Å². The van der Waals surface area contributed by atoms with Crippen LogP contribution < -0.4 is 21.5 Å². The third kappa shape index (κ3) is 14.9. The van der Waals surface area contributed by atoms with Crippen molar-refractivity contribution in [3.8, 4) is 11.4 Å². The molecule has 6 amide bonds. The minimum Gasteiger partial charge on any atom is -0.458 e. The second-order valence-corrected chi connectivity index (χ2v) is 23.6. The summed E-state index contributed by atoms with van der Waals surface area (Å²) in [5.41, 5.74) is 2.10. The number of benzene rings is 2. The molecule has 4 aromatic rings. The molecule has 89 heavy (non-hydrogen) atoms. The van der Waals surface area contributed by atoms with Gasteiger partial charge in [-0.2, -0.15) is 0 Å². The molecule has 4 atom stereocenters. The summed E-state index contributed by atoms with van der Waals surface area (Å²) < 4.78 is 39.1. The highest BCUT2D eigenvalue weighted by molar-refractivity contribution is 6.13. The van der Waals surface area contributed by atoms with E-state index >= 15 is 4.39 Å². The number of nitrogens with one attached hydrogen (secondary N) is 3. The topological polar surface area (TPSA) is 305 Å². The molecule has 0 saturated heterocycles. The maximum Gasteiger partial charge on any atom is 0.343 e. The van der Waals surface area contributed by atoms with E-state index in [0.29, 0.717) is 77.8 Å². The maximum atomic E-state index is 15.5. The van der Waals surface area contributed by atoms with Gasteiger partial charge in [-0.25, -0.2) is 14.2 Å². The lowest BCUT2D eigenvalue weighted by Gasteiger charge is -2.36. The Hall–Kier alpha value is -8.19. The van der Waals surface area contributed by atoms with Crippen LogP contribution in [0.3, 0.4) is 0 Å². The molecule has 4 N–H and O–H groups in total. The summed E-state index contributed by atoms with van der Waals surface area (Å²) in [4.78, 5) is 150. The van der Waals surface area contributed by atoms with Gasteiger partial charge in [0.1, 0.15) is 25.1 Å². The number of amides is 6. The zero-order chi connectivity index (χ0) is 63.7. The summed E-state index contributed by atoms with van der Waals surface area (Å²) in [6.45, 7) is 4.58. The fourth-order valence-corrected chi connectivity index (χ4v) is 12.6. The van der Waals surface area contributed by atoms with E-state index in [9.17, 15) is 57.8 Å². The lowest BCUT2D eigenvalue weighted by Crippen LogP contribution is -2.44. The van der Waals surface area contributed by atoms with E-state index in [4.69, 9.17) is 23.9 Å². The summed E-state index contributed by atoms with van der Waals surface area (Å²) in [5, 5.41) is 20.1. The van der Waals surface area contributed by atoms with Crippen molar-refractivity contribution >= 4 is 69.7 Å². The van der Waals surface area contributed by atoms with Crippen molar-refractivity contribution in [3.05, 3.63) is 110 Å². The summed E-state index contributed by atoms with van der Waals surface area (Å²) >= 11 is 0. The van der Waals surface area contributed by atoms with Crippen LogP contribution in [0, 0.1) is 30.5 Å². The molecular weight excluding hydrogens is 1150 g/mol. The van der Waals surface area contributed by atoms with Crippen molar-refractivity contribution in [2.75, 3.05) is 66.3 Å². The van der Waals surface area contributed by atoms with Gasteiger partial charge in [0.05, 0.1) is 74.6 Å². The summed E-state index contributed by atoms with van der Waals surface area (Å²) in [7, 11) is 1.63. The van der Waals surface area contributed by atoms with Gasteiger partial charge in [0.15, 0.2) is 23.0 Å². The summed E-state index contributed by atoms with van der Waals surface area (Å²) in [6, 6.07) is 11.3. The van der Waals surface area contributed by atoms with E-state index < -0.39 is 76.8 Å². The van der Waals surface area contributed by atoms with Gasteiger partial charge in [-0.05, 0) is 99.5 Å². The molecule has 1 fully saturated rings. The number of Topliss-reactive ketones (excluding diaryl/α,β-unsaturated/α-hetero) is 3. The van der Waals surface area contributed by atoms with Crippen molar-refractivity contribution in [2.24, 2.45) is 17.8 Å². The maximum absolute atomic E-state index is 15.5. The van der Waals surface area contributed by atoms with Crippen molar-refractivity contribution in [1.29, 1.82) is 0 Å². The highest BCUT2D eigenvalue weighted by Gasteiger charge is 2.46. The van der Waals surface area contributed by atoms with Crippen LogP contribution in [0.25, 0.3) is 22.3 Å². The van der Waals surface area contributed by atoms with Crippen LogP contribution in [-0.4, -0.2) is 156 Å². The van der Waals surface area contributed by atoms with Gasteiger partial charge >= 0.3 is 5.97 Å². The number of nitrogens with zero attached hydrogens (tertiary/aromatic N) is 4. The Labute approximate surface area is 513 Å². The summed E-state index contributed by atoms with van der Waals surface area (Å²) in [6.07, 6.45) is 4.50. The van der Waals surface area contributed by atoms with Crippen LogP contribution in [0.4, 0.5) is 4.39 Å². The number of ether oxygens (including phenoxy) is 4. The standard InChI is InChI=1S/C65H76FN7O16/c1-5-65(85)49-29-53-59-47(34-72(53)63(83)48(49)36-89-64(65)84)58-52(17-16-46-37(2)50(66)30-51(70-59)57(46)58)71(4)62(82)38(3)88-23-21-43(74)31-69-61(81)42(27-39-9-7-6-8-10-39)28-45(76)32-68-54(77)18-15-44(75)35-87-26-25-86-24-22-67-60(80)41-13-11-40(12-14-41)33-73-55(78)19-20-56(73)79/h6-10,19-20,29-30,38,40-42,52,85H,5,11-18,21-28,31-36H2,1-4H3,(H,67,80)(H,68,77)(H,69,81)/t38?,40?,41?,42-,52+,65+/m1/s1. The van der Waals surface area contributed by atoms with Gasteiger partial charge in [-0.15, -0.1) is 0 Å². The number of fused-ring (bicyclic) bond motifs is 5. The number of aliphatic hydroxyl groups is 1. The predicted octanol–water partition coefficient (Wildman–Crippen LogP) is 3.62. The number of cyclic esters (lactones) is 1. The quantitative estimate of drug-likeness (QED) is 0.0290. The normalized spacial score (nSPS) is 19.6. The lowest BCUT2D eigenvalue weighted by atomic mass is 9.81. The van der Waals surface area contributed by atoms with Crippen molar-refractivity contribution in [3.63, 3.8) is 0 Å². The van der Waals surface area contributed by atoms with Crippen LogP contribution in [0.15, 0.2) is 59.4 Å². The molecule has 0 bridgehead atoms. The molecule has 1 unspecified atom stereocenters. The van der Waals surface area contributed by atoms with E-state index in [2.05, 4.69) is 16.0 Å². The largest absolute Gasteiger partial charge is 0.458 e. The number of imide groups is 1. The van der Waals surface area contributed by atoms with Crippen LogP contribution in [0.5, 0.6) is 0 Å². The third-order valence-electron chi connectivity index (χ3n) is 17.7. The van der Waals surface area contributed by atoms with Crippen molar-refractivity contribution < 1.29 is 76.4 Å². The Balaban J connectivity index is 0.684. The highest BCUT2D eigenvalue weighted by Crippen LogP contribution is 2.47. The predicted molar refractivity (Wildman–Crippen MR) is 318 cm³/mol. The molecular formula is C65H76FN7O16. The molecule has 2 aliphatic carbocycles. The molecule has 9 rings (SSSR count). The first-order valence-corrected chi connectivity index (χ1v) is 30.5. The van der Waals surface area contributed by atoms with Gasteiger partial charge in [0.2, 0.25) is 17.7 Å². The fraction of sp³-hybridized carbons (Fsp3) is 0.508. The third-order valence-corrected chi connectivity index (χ3v) is 17.7. The minimum atomic E-state index is -2.06. The average molecular weight is 1230 g/mol. The molecule has 0 radical (unpaired) electrons. The number of carbonyl (C=O) groups excluding carboxylic acids is 10. The monoisotopic (exact) mass is 1230 g/mol. The van der Waals surface area contributed by atoms with Crippen molar-refractivity contribution in [2.45, 2.75) is 129 Å². The number of halogens is 1. The van der Waals surface area contributed by atoms with E-state index in [0.717, 1.165) is 24.0 Å². The smallest absolute Gasteiger partial charge is 0.343 e. The molecule has 474 valence electrons. The molecule has 24 heteroatoms. The number of hydrogen-bond donors (Lipinski definition) is 4. The van der Waals surface area contributed by atoms with Crippen LogP contribution in [-0.2, 0) is 98.5 Å². The number of rotatable bonds is 30. The Morgan fingerprint density at radius 2 is 1.56 bits per heavy atom. The van der Waals surface area contributed by atoms with E-state index in [1.807, 2.05) is 0 Å². The Morgan fingerprint density at radius 3 is 2.29 bits per heavy atom. The van der Waals surface area contributed by atoms with E-state index in [1.54, 1.807) is 69.1 Å². The fourth-order valence-electron chi connectivity index (χ4n) is 12.6. The number of carbonyl (C=O) groups is 10. The number of esters is 1. The van der Waals surface area contributed by atoms with Gasteiger partial charge in [0, 0.05) is 92.4 Å². The minimum absolute atomic E-state index is 0.0481.